The average molecular weight is 153 g/mol. The molecule has 1 aliphatic rings. The molecule has 0 spiro atoms. The van der Waals surface area contributed by atoms with Gasteiger partial charge in [-0.2, -0.15) is 5.26 Å². The van der Waals surface area contributed by atoms with E-state index in [4.69, 9.17) is 11.0 Å². The number of hydrogen-bond acceptors (Lipinski definition) is 3. The van der Waals surface area contributed by atoms with Crippen LogP contribution in [0.15, 0.2) is 0 Å². The van der Waals surface area contributed by atoms with E-state index in [0.717, 1.165) is 19.5 Å². The van der Waals surface area contributed by atoms with Crippen molar-refractivity contribution >= 4 is 0 Å². The first-order chi connectivity index (χ1) is 5.22. The molecule has 0 aromatic heterocycles. The van der Waals surface area contributed by atoms with Gasteiger partial charge in [0.05, 0.1) is 6.07 Å². The van der Waals surface area contributed by atoms with Gasteiger partial charge in [-0.1, -0.05) is 0 Å². The molecule has 0 saturated carbocycles. The fourth-order valence-electron chi connectivity index (χ4n) is 1.77. The second-order valence-corrected chi connectivity index (χ2v) is 3.45. The standard InChI is InChI=1S/C8H15N3/c1-11-5-7(2-3-9)4-8(10)6-11/h7-8H,2,4-6,10H2,1H3/t7-,8-/m1/s1. The molecular formula is C8H15N3. The Kier molecular flexibility index (Phi) is 2.86. The van der Waals surface area contributed by atoms with Crippen molar-refractivity contribution in [2.24, 2.45) is 11.7 Å². The molecule has 0 bridgehead atoms. The summed E-state index contributed by atoms with van der Waals surface area (Å²) in [5, 5.41) is 8.48. The van der Waals surface area contributed by atoms with Crippen LogP contribution in [0, 0.1) is 17.2 Å². The van der Waals surface area contributed by atoms with E-state index in [1.807, 2.05) is 0 Å². The highest BCUT2D eigenvalue weighted by Crippen LogP contribution is 2.16. The topological polar surface area (TPSA) is 53.0 Å². The first-order valence-corrected chi connectivity index (χ1v) is 4.03. The minimum atomic E-state index is 0.270. The second-order valence-electron chi connectivity index (χ2n) is 3.45. The summed E-state index contributed by atoms with van der Waals surface area (Å²) in [7, 11) is 2.06. The minimum Gasteiger partial charge on any atom is -0.327 e. The predicted octanol–water partition coefficient (Wildman–Crippen LogP) is 0.179. The Hall–Kier alpha value is -0.590. The molecule has 3 heteroatoms. The molecule has 0 unspecified atom stereocenters. The fraction of sp³-hybridized carbons (Fsp3) is 0.875. The number of likely N-dealkylation sites (tertiary alicyclic amines) is 1. The zero-order valence-corrected chi connectivity index (χ0v) is 6.95. The highest BCUT2D eigenvalue weighted by molar-refractivity contribution is 4.85. The molecule has 62 valence electrons. The van der Waals surface area contributed by atoms with E-state index < -0.39 is 0 Å². The molecule has 0 aromatic rings. The molecule has 2 N–H and O–H groups in total. The molecule has 0 aromatic carbocycles. The van der Waals surface area contributed by atoms with Crippen LogP contribution in [0.3, 0.4) is 0 Å². The van der Waals surface area contributed by atoms with Crippen LogP contribution in [-0.4, -0.2) is 31.1 Å². The Balaban J connectivity index is 2.38. The monoisotopic (exact) mass is 153 g/mol. The van der Waals surface area contributed by atoms with Crippen LogP contribution in [-0.2, 0) is 0 Å². The zero-order chi connectivity index (χ0) is 8.27. The quantitative estimate of drug-likeness (QED) is 0.584. The summed E-state index contributed by atoms with van der Waals surface area (Å²) in [4.78, 5) is 2.20. The van der Waals surface area contributed by atoms with Crippen molar-refractivity contribution in [3.63, 3.8) is 0 Å². The Bertz CT molecular complexity index is 151. The molecule has 1 aliphatic heterocycles. The molecule has 3 nitrogen and oxygen atoms in total. The van der Waals surface area contributed by atoms with Gasteiger partial charge in [-0.15, -0.1) is 0 Å². The van der Waals surface area contributed by atoms with Crippen LogP contribution in [0.4, 0.5) is 0 Å². The Morgan fingerprint density at radius 1 is 1.64 bits per heavy atom. The fourth-order valence-corrected chi connectivity index (χ4v) is 1.77. The van der Waals surface area contributed by atoms with Crippen LogP contribution >= 0.6 is 0 Å². The predicted molar refractivity (Wildman–Crippen MR) is 43.8 cm³/mol. The molecule has 2 atom stereocenters. The summed E-state index contributed by atoms with van der Waals surface area (Å²) in [6, 6.07) is 2.47. The van der Waals surface area contributed by atoms with E-state index in [-0.39, 0.29) is 6.04 Å². The van der Waals surface area contributed by atoms with Gasteiger partial charge < -0.3 is 10.6 Å². The largest absolute Gasteiger partial charge is 0.327 e. The third kappa shape index (κ3) is 2.49. The highest BCUT2D eigenvalue weighted by Gasteiger charge is 2.21. The summed E-state index contributed by atoms with van der Waals surface area (Å²) in [5.41, 5.74) is 5.79. The summed E-state index contributed by atoms with van der Waals surface area (Å²) in [6.07, 6.45) is 1.66. The van der Waals surface area contributed by atoms with Crippen molar-refractivity contribution in [1.82, 2.24) is 4.90 Å². The van der Waals surface area contributed by atoms with Gasteiger partial charge in [0.1, 0.15) is 0 Å². The first kappa shape index (κ1) is 8.51. The molecule has 0 amide bonds. The third-order valence-corrected chi connectivity index (χ3v) is 2.13. The SMILES string of the molecule is CN1C[C@H](N)C[C@@H](CC#N)C1. The molecule has 11 heavy (non-hydrogen) atoms. The van der Waals surface area contributed by atoms with E-state index in [1.54, 1.807) is 0 Å². The lowest BCUT2D eigenvalue weighted by Gasteiger charge is -2.32. The Morgan fingerprint density at radius 2 is 2.36 bits per heavy atom. The van der Waals surface area contributed by atoms with Gasteiger partial charge in [-0.3, -0.25) is 0 Å². The highest BCUT2D eigenvalue weighted by atomic mass is 15.1. The summed E-state index contributed by atoms with van der Waals surface area (Å²) < 4.78 is 0. The second kappa shape index (κ2) is 3.70. The third-order valence-electron chi connectivity index (χ3n) is 2.13. The van der Waals surface area contributed by atoms with Crippen LogP contribution in [0.1, 0.15) is 12.8 Å². The van der Waals surface area contributed by atoms with Gasteiger partial charge in [0, 0.05) is 25.6 Å². The molecule has 1 saturated heterocycles. The van der Waals surface area contributed by atoms with Crippen molar-refractivity contribution in [3.8, 4) is 6.07 Å². The lowest BCUT2D eigenvalue weighted by atomic mass is 9.93. The Labute approximate surface area is 67.8 Å². The summed E-state index contributed by atoms with van der Waals surface area (Å²) >= 11 is 0. The van der Waals surface area contributed by atoms with Gasteiger partial charge in [-0.25, -0.2) is 0 Å². The number of nitriles is 1. The molecule has 0 aliphatic carbocycles. The number of nitrogens with zero attached hydrogens (tertiary/aromatic N) is 2. The summed E-state index contributed by atoms with van der Waals surface area (Å²) in [6.45, 7) is 2.00. The van der Waals surface area contributed by atoms with Gasteiger partial charge in [-0.05, 0) is 19.4 Å². The maximum absolute atomic E-state index is 8.48. The van der Waals surface area contributed by atoms with Crippen molar-refractivity contribution in [3.05, 3.63) is 0 Å². The normalized spacial score (nSPS) is 33.2. The van der Waals surface area contributed by atoms with Gasteiger partial charge in [0.15, 0.2) is 0 Å². The van der Waals surface area contributed by atoms with Crippen LogP contribution < -0.4 is 5.73 Å². The molecule has 1 fully saturated rings. The van der Waals surface area contributed by atoms with Gasteiger partial charge in [0.2, 0.25) is 0 Å². The minimum absolute atomic E-state index is 0.270. The lowest BCUT2D eigenvalue weighted by molar-refractivity contribution is 0.191. The van der Waals surface area contributed by atoms with Crippen molar-refractivity contribution in [2.45, 2.75) is 18.9 Å². The Morgan fingerprint density at radius 3 is 2.91 bits per heavy atom. The van der Waals surface area contributed by atoms with Crippen molar-refractivity contribution < 1.29 is 0 Å². The van der Waals surface area contributed by atoms with E-state index in [9.17, 15) is 0 Å². The van der Waals surface area contributed by atoms with Crippen molar-refractivity contribution in [2.75, 3.05) is 20.1 Å². The maximum atomic E-state index is 8.48. The number of piperidine rings is 1. The molecule has 1 rings (SSSR count). The smallest absolute Gasteiger partial charge is 0.0625 e. The lowest BCUT2D eigenvalue weighted by Crippen LogP contribution is -2.44. The van der Waals surface area contributed by atoms with Gasteiger partial charge >= 0.3 is 0 Å². The number of hydrogen-bond donors (Lipinski definition) is 1. The number of rotatable bonds is 1. The van der Waals surface area contributed by atoms with Gasteiger partial charge in [0.25, 0.3) is 0 Å². The first-order valence-electron chi connectivity index (χ1n) is 4.03. The maximum Gasteiger partial charge on any atom is 0.0625 e. The van der Waals surface area contributed by atoms with Crippen LogP contribution in [0.25, 0.3) is 0 Å². The molecule has 0 radical (unpaired) electrons. The van der Waals surface area contributed by atoms with E-state index in [0.29, 0.717) is 12.3 Å². The van der Waals surface area contributed by atoms with E-state index >= 15 is 0 Å². The van der Waals surface area contributed by atoms with E-state index in [1.165, 1.54) is 0 Å². The summed E-state index contributed by atoms with van der Waals surface area (Å²) in [5.74, 6) is 0.494. The van der Waals surface area contributed by atoms with E-state index in [2.05, 4.69) is 18.0 Å². The molecule has 1 heterocycles. The van der Waals surface area contributed by atoms with Crippen molar-refractivity contribution in [1.29, 1.82) is 5.26 Å². The molecular weight excluding hydrogens is 138 g/mol. The zero-order valence-electron chi connectivity index (χ0n) is 6.95. The number of nitrogens with two attached hydrogens (primary N) is 1. The van der Waals surface area contributed by atoms with Crippen LogP contribution in [0.5, 0.6) is 0 Å². The number of likely N-dealkylation sites (N-methyl/N-ethyl adjacent to an activating group) is 1. The van der Waals surface area contributed by atoms with Crippen LogP contribution in [0.2, 0.25) is 0 Å². The average Bonchev–Trinajstić information content (AvgIpc) is 1.85.